The van der Waals surface area contributed by atoms with Gasteiger partial charge in [0.2, 0.25) is 0 Å². The molecule has 0 bridgehead atoms. The highest BCUT2D eigenvalue weighted by molar-refractivity contribution is 6.62. The average Bonchev–Trinajstić information content (AvgIpc) is 3.12. The first-order valence-electron chi connectivity index (χ1n) is 10.7. The van der Waals surface area contributed by atoms with Gasteiger partial charge in [0.25, 0.3) is 0 Å². The number of hydrogen-bond acceptors (Lipinski definition) is 7. The molecule has 172 valence electrons. The van der Waals surface area contributed by atoms with Crippen LogP contribution in [0.1, 0.15) is 61.1 Å². The minimum Gasteiger partial charge on any atom is -0.463 e. The third-order valence-electron chi connectivity index (χ3n) is 5.49. The molecule has 0 unspecified atom stereocenters. The van der Waals surface area contributed by atoms with Crippen molar-refractivity contribution in [2.45, 2.75) is 72.2 Å². The van der Waals surface area contributed by atoms with Crippen LogP contribution in [0, 0.1) is 0 Å². The second-order valence-corrected chi connectivity index (χ2v) is 9.73. The number of rotatable bonds is 4. The lowest BCUT2D eigenvalue weighted by molar-refractivity contribution is -0.137. The molecule has 0 atom stereocenters. The summed E-state index contributed by atoms with van der Waals surface area (Å²) in [6, 6.07) is 3.60. The number of hydrogen-bond donors (Lipinski definition) is 0. The van der Waals surface area contributed by atoms with Crippen molar-refractivity contribution in [1.29, 1.82) is 0 Å². The molecule has 9 heteroatoms. The van der Waals surface area contributed by atoms with Crippen LogP contribution in [0.4, 0.5) is 4.79 Å². The molecule has 1 saturated heterocycles. The number of esters is 1. The highest BCUT2D eigenvalue weighted by atomic mass is 16.7. The predicted octanol–water partition coefficient (Wildman–Crippen LogP) is 3.70. The quantitative estimate of drug-likeness (QED) is 0.405. The summed E-state index contributed by atoms with van der Waals surface area (Å²) < 4.78 is 24.4. The lowest BCUT2D eigenvalue weighted by Crippen LogP contribution is -2.43. The molecular weight excluding hydrogens is 411 g/mol. The molecule has 1 aliphatic rings. The lowest BCUT2D eigenvalue weighted by Gasteiger charge is -2.32. The summed E-state index contributed by atoms with van der Waals surface area (Å²) in [5.74, 6) is -0.446. The van der Waals surface area contributed by atoms with Gasteiger partial charge in [-0.25, -0.2) is 9.59 Å². The van der Waals surface area contributed by atoms with E-state index in [1.54, 1.807) is 25.3 Å². The van der Waals surface area contributed by atoms with Crippen LogP contribution < -0.4 is 5.59 Å². The molecule has 8 nitrogen and oxygen atoms in total. The van der Waals surface area contributed by atoms with Crippen molar-refractivity contribution in [3.63, 3.8) is 0 Å². The number of pyridine rings is 1. The van der Waals surface area contributed by atoms with E-state index < -0.39 is 36.0 Å². The molecule has 2 aromatic rings. The third kappa shape index (κ3) is 4.89. The number of carbonyl (C=O) groups is 2. The van der Waals surface area contributed by atoms with Crippen molar-refractivity contribution in [1.82, 2.24) is 9.55 Å². The maximum Gasteiger partial charge on any atom is 0.513 e. The molecule has 0 aliphatic carbocycles. The third-order valence-corrected chi connectivity index (χ3v) is 5.49. The van der Waals surface area contributed by atoms with Gasteiger partial charge in [0.05, 0.1) is 40.8 Å². The number of ether oxygens (including phenoxy) is 2. The fourth-order valence-electron chi connectivity index (χ4n) is 3.23. The number of carbonyl (C=O) groups excluding carboxylic acids is 2. The zero-order valence-electron chi connectivity index (χ0n) is 20.0. The van der Waals surface area contributed by atoms with Gasteiger partial charge >= 0.3 is 19.2 Å². The minimum absolute atomic E-state index is 0.297. The van der Waals surface area contributed by atoms with Crippen molar-refractivity contribution in [3.05, 3.63) is 30.1 Å². The Kier molecular flexibility index (Phi) is 6.28. The van der Waals surface area contributed by atoms with Crippen LogP contribution in [-0.4, -0.2) is 52.1 Å². The SMILES string of the molecule is CCOC(=O)/C=C/c1cc2cc(B3OC(C)(C)C(C)(C)O3)n(C(=O)OC(C)(C)C)c2cn1. The van der Waals surface area contributed by atoms with E-state index in [0.717, 1.165) is 5.39 Å². The van der Waals surface area contributed by atoms with Crippen molar-refractivity contribution in [3.8, 4) is 0 Å². The van der Waals surface area contributed by atoms with Crippen molar-refractivity contribution in [2.24, 2.45) is 0 Å². The van der Waals surface area contributed by atoms with Gasteiger partial charge < -0.3 is 18.8 Å². The highest BCUT2D eigenvalue weighted by Crippen LogP contribution is 2.37. The van der Waals surface area contributed by atoms with Crippen molar-refractivity contribution in [2.75, 3.05) is 6.61 Å². The second-order valence-electron chi connectivity index (χ2n) is 9.73. The maximum atomic E-state index is 13.1. The van der Waals surface area contributed by atoms with Crippen LogP contribution >= 0.6 is 0 Å². The van der Waals surface area contributed by atoms with Crippen LogP contribution in [0.3, 0.4) is 0 Å². The first-order valence-corrected chi connectivity index (χ1v) is 10.7. The molecule has 3 heterocycles. The topological polar surface area (TPSA) is 88.9 Å². The van der Waals surface area contributed by atoms with Crippen LogP contribution in [0.15, 0.2) is 24.4 Å². The summed E-state index contributed by atoms with van der Waals surface area (Å²) in [7, 11) is -0.765. The monoisotopic (exact) mass is 442 g/mol. The van der Waals surface area contributed by atoms with Gasteiger partial charge in [-0.3, -0.25) is 9.55 Å². The number of fused-ring (bicyclic) bond motifs is 1. The Bertz CT molecular complexity index is 1050. The Morgan fingerprint density at radius 1 is 1.16 bits per heavy atom. The molecule has 0 spiro atoms. The average molecular weight is 442 g/mol. The van der Waals surface area contributed by atoms with Gasteiger partial charge in [0.1, 0.15) is 5.60 Å². The van der Waals surface area contributed by atoms with Crippen LogP contribution in [0.5, 0.6) is 0 Å². The number of nitrogens with zero attached hydrogens (tertiary/aromatic N) is 2. The Labute approximate surface area is 189 Å². The summed E-state index contributed by atoms with van der Waals surface area (Å²) in [6.45, 7) is 15.3. The molecule has 0 N–H and O–H groups in total. The Morgan fingerprint density at radius 3 is 2.34 bits per heavy atom. The van der Waals surface area contributed by atoms with Gasteiger partial charge in [-0.1, -0.05) is 0 Å². The van der Waals surface area contributed by atoms with Gasteiger partial charge in [0.15, 0.2) is 0 Å². The molecule has 2 aromatic heterocycles. The smallest absolute Gasteiger partial charge is 0.463 e. The van der Waals surface area contributed by atoms with E-state index in [4.69, 9.17) is 18.8 Å². The van der Waals surface area contributed by atoms with E-state index in [0.29, 0.717) is 23.4 Å². The molecule has 0 aromatic carbocycles. The Hall–Kier alpha value is -2.65. The maximum absolute atomic E-state index is 13.1. The molecule has 0 amide bonds. The van der Waals surface area contributed by atoms with E-state index in [2.05, 4.69) is 4.98 Å². The summed E-state index contributed by atoms with van der Waals surface area (Å²) in [5.41, 5.74) is -0.209. The highest BCUT2D eigenvalue weighted by Gasteiger charge is 2.53. The molecule has 1 aliphatic heterocycles. The van der Waals surface area contributed by atoms with E-state index in [-0.39, 0.29) is 0 Å². The molecule has 1 fully saturated rings. The molecule has 3 rings (SSSR count). The Balaban J connectivity index is 2.07. The summed E-state index contributed by atoms with van der Waals surface area (Å²) in [4.78, 5) is 29.1. The van der Waals surface area contributed by atoms with E-state index >= 15 is 0 Å². The minimum atomic E-state index is -0.765. The fourth-order valence-corrected chi connectivity index (χ4v) is 3.23. The van der Waals surface area contributed by atoms with E-state index in [1.165, 1.54) is 10.6 Å². The fraction of sp³-hybridized carbons (Fsp3) is 0.522. The van der Waals surface area contributed by atoms with E-state index in [1.807, 2.05) is 54.5 Å². The zero-order chi connectivity index (χ0) is 23.9. The molecule has 0 radical (unpaired) electrons. The largest absolute Gasteiger partial charge is 0.513 e. The van der Waals surface area contributed by atoms with Crippen LogP contribution in [0.2, 0.25) is 0 Å². The van der Waals surface area contributed by atoms with Gasteiger partial charge in [-0.15, -0.1) is 0 Å². The molecular formula is C23H31BN2O6. The van der Waals surface area contributed by atoms with Crippen molar-refractivity contribution >= 4 is 41.8 Å². The first kappa shape index (κ1) is 24.0. The number of aromatic nitrogens is 2. The second kappa shape index (κ2) is 8.37. The first-order chi connectivity index (χ1) is 14.7. The zero-order valence-corrected chi connectivity index (χ0v) is 20.0. The van der Waals surface area contributed by atoms with Crippen LogP contribution in [-0.2, 0) is 23.6 Å². The normalized spacial score (nSPS) is 17.8. The van der Waals surface area contributed by atoms with Crippen LogP contribution in [0.25, 0.3) is 17.0 Å². The summed E-state index contributed by atoms with van der Waals surface area (Å²) >= 11 is 0. The molecule has 0 saturated carbocycles. The van der Waals surface area contributed by atoms with Gasteiger partial charge in [0, 0.05) is 11.5 Å². The van der Waals surface area contributed by atoms with Crippen molar-refractivity contribution < 1.29 is 28.4 Å². The lowest BCUT2D eigenvalue weighted by atomic mass is 9.84. The van der Waals surface area contributed by atoms with E-state index in [9.17, 15) is 9.59 Å². The summed E-state index contributed by atoms with van der Waals surface area (Å²) in [6.07, 6.45) is 3.90. The predicted molar refractivity (Wildman–Crippen MR) is 123 cm³/mol. The standard InChI is InChI=1S/C23H31BN2O6/c1-9-29-19(27)11-10-16-12-15-13-18(24-31-22(5,6)23(7,8)32-24)26(17(15)14-25-16)20(28)30-21(2,3)4/h10-14H,9H2,1-8H3/b11-10+. The molecule has 32 heavy (non-hydrogen) atoms. The Morgan fingerprint density at radius 2 is 1.78 bits per heavy atom. The van der Waals surface area contributed by atoms with Gasteiger partial charge in [-0.2, -0.15) is 0 Å². The summed E-state index contributed by atoms with van der Waals surface area (Å²) in [5, 5.41) is 0.735. The van der Waals surface area contributed by atoms with Gasteiger partial charge in [-0.05, 0) is 73.6 Å².